The van der Waals surface area contributed by atoms with Gasteiger partial charge < -0.3 is 19.7 Å². The first-order valence-corrected chi connectivity index (χ1v) is 10.3. The van der Waals surface area contributed by atoms with Gasteiger partial charge in [0.15, 0.2) is 11.4 Å². The van der Waals surface area contributed by atoms with Crippen LogP contribution in [0.5, 0.6) is 5.75 Å². The molecule has 33 heavy (non-hydrogen) atoms. The standard InChI is InChI=1S/C25H24N2O6/c1-4-18-15-21(26-17(2)28)16-22(23(18)31-3)27(32-24(29)19-11-7-5-8-12-19)33-25(30)20-13-9-6-10-14-20/h5-16H,4H2,1-3H3,(H,26,28). The van der Waals surface area contributed by atoms with Crippen LogP contribution in [0.4, 0.5) is 11.4 Å². The Morgan fingerprint density at radius 1 is 0.848 bits per heavy atom. The van der Waals surface area contributed by atoms with Crippen molar-refractivity contribution in [3.05, 3.63) is 89.5 Å². The Morgan fingerprint density at radius 3 is 1.79 bits per heavy atom. The van der Waals surface area contributed by atoms with E-state index >= 15 is 0 Å². The molecule has 0 radical (unpaired) electrons. The van der Waals surface area contributed by atoms with Crippen LogP contribution < -0.4 is 15.3 Å². The smallest absolute Gasteiger partial charge is 0.367 e. The minimum absolute atomic E-state index is 0.133. The second-order valence-corrected chi connectivity index (χ2v) is 6.97. The number of amides is 1. The number of carbonyl (C=O) groups excluding carboxylic acids is 3. The molecule has 0 aliphatic heterocycles. The van der Waals surface area contributed by atoms with Gasteiger partial charge in [0.05, 0.1) is 18.2 Å². The number of rotatable bonds is 8. The fourth-order valence-corrected chi connectivity index (χ4v) is 3.10. The quantitative estimate of drug-likeness (QED) is 0.505. The maximum absolute atomic E-state index is 12.8. The summed E-state index contributed by atoms with van der Waals surface area (Å²) in [6.45, 7) is 3.27. The van der Waals surface area contributed by atoms with Crippen molar-refractivity contribution in [2.24, 2.45) is 0 Å². The van der Waals surface area contributed by atoms with Gasteiger partial charge in [0.25, 0.3) is 0 Å². The van der Waals surface area contributed by atoms with Crippen LogP contribution in [0.25, 0.3) is 0 Å². The van der Waals surface area contributed by atoms with E-state index in [1.165, 1.54) is 20.1 Å². The highest BCUT2D eigenvalue weighted by atomic mass is 17.0. The van der Waals surface area contributed by atoms with Crippen LogP contribution in [-0.2, 0) is 20.9 Å². The highest BCUT2D eigenvalue weighted by Gasteiger charge is 2.26. The van der Waals surface area contributed by atoms with Gasteiger partial charge >= 0.3 is 11.9 Å². The number of anilines is 2. The van der Waals surface area contributed by atoms with Gasteiger partial charge in [-0.15, -0.1) is 0 Å². The average molecular weight is 448 g/mol. The van der Waals surface area contributed by atoms with Gasteiger partial charge in [0.2, 0.25) is 5.91 Å². The molecule has 0 spiro atoms. The molecule has 0 bridgehead atoms. The summed E-state index contributed by atoms with van der Waals surface area (Å²) in [7, 11) is 1.45. The molecular weight excluding hydrogens is 424 g/mol. The molecule has 8 nitrogen and oxygen atoms in total. The maximum Gasteiger partial charge on any atom is 0.367 e. The number of ether oxygens (including phenoxy) is 1. The molecule has 0 aliphatic rings. The number of carbonyl (C=O) groups is 3. The molecule has 0 atom stereocenters. The normalized spacial score (nSPS) is 10.2. The molecule has 0 aromatic heterocycles. The zero-order valence-corrected chi connectivity index (χ0v) is 18.5. The van der Waals surface area contributed by atoms with E-state index in [-0.39, 0.29) is 22.7 Å². The number of hydrogen-bond donors (Lipinski definition) is 1. The predicted molar refractivity (Wildman–Crippen MR) is 123 cm³/mol. The third kappa shape index (κ3) is 5.88. The molecule has 170 valence electrons. The molecule has 8 heteroatoms. The Bertz CT molecular complexity index is 1080. The van der Waals surface area contributed by atoms with Crippen LogP contribution in [0.3, 0.4) is 0 Å². The number of nitrogens with one attached hydrogen (secondary N) is 1. The van der Waals surface area contributed by atoms with Crippen molar-refractivity contribution < 1.29 is 28.8 Å². The van der Waals surface area contributed by atoms with Crippen LogP contribution in [0.2, 0.25) is 0 Å². The van der Waals surface area contributed by atoms with E-state index in [0.29, 0.717) is 28.6 Å². The first-order valence-electron chi connectivity index (χ1n) is 10.3. The number of benzene rings is 3. The SMILES string of the molecule is CCc1cc(NC(C)=O)cc(N(OC(=O)c2ccccc2)OC(=O)c2ccccc2)c1OC. The largest absolute Gasteiger partial charge is 0.494 e. The number of aryl methyl sites for hydroxylation is 1. The first-order chi connectivity index (χ1) is 15.9. The Labute approximate surface area is 191 Å². The van der Waals surface area contributed by atoms with Crippen molar-refractivity contribution in [3.63, 3.8) is 0 Å². The van der Waals surface area contributed by atoms with E-state index in [0.717, 1.165) is 0 Å². The van der Waals surface area contributed by atoms with E-state index in [4.69, 9.17) is 14.4 Å². The first kappa shape index (κ1) is 23.3. The third-order valence-electron chi connectivity index (χ3n) is 4.60. The monoisotopic (exact) mass is 448 g/mol. The van der Waals surface area contributed by atoms with Crippen molar-refractivity contribution in [1.82, 2.24) is 0 Å². The topological polar surface area (TPSA) is 94.2 Å². The molecule has 3 aromatic carbocycles. The molecule has 0 unspecified atom stereocenters. The summed E-state index contributed by atoms with van der Waals surface area (Å²) >= 11 is 0. The Hall–Kier alpha value is -4.33. The zero-order valence-electron chi connectivity index (χ0n) is 18.5. The van der Waals surface area contributed by atoms with Crippen molar-refractivity contribution in [2.75, 3.05) is 17.7 Å². The molecule has 3 rings (SSSR count). The molecule has 0 saturated carbocycles. The number of hydrogen-bond acceptors (Lipinski definition) is 7. The summed E-state index contributed by atoms with van der Waals surface area (Å²) in [5.74, 6) is -1.46. The Morgan fingerprint density at radius 2 is 1.36 bits per heavy atom. The minimum atomic E-state index is -0.749. The Kier molecular flexibility index (Phi) is 7.64. The fraction of sp³-hybridized carbons (Fsp3) is 0.160. The van der Waals surface area contributed by atoms with E-state index < -0.39 is 11.9 Å². The van der Waals surface area contributed by atoms with E-state index in [2.05, 4.69) is 5.32 Å². The van der Waals surface area contributed by atoms with Crippen LogP contribution >= 0.6 is 0 Å². The molecule has 3 aromatic rings. The zero-order chi connectivity index (χ0) is 23.8. The van der Waals surface area contributed by atoms with Gasteiger partial charge in [-0.05, 0) is 53.6 Å². The molecule has 0 aliphatic carbocycles. The molecule has 1 N–H and O–H groups in total. The Balaban J connectivity index is 2.06. The average Bonchev–Trinajstić information content (AvgIpc) is 2.83. The van der Waals surface area contributed by atoms with Crippen molar-refractivity contribution >= 4 is 29.2 Å². The summed E-state index contributed by atoms with van der Waals surface area (Å²) in [5.41, 5.74) is 1.77. The summed E-state index contributed by atoms with van der Waals surface area (Å²) in [4.78, 5) is 48.2. The van der Waals surface area contributed by atoms with Gasteiger partial charge in [-0.3, -0.25) is 4.79 Å². The summed E-state index contributed by atoms with van der Waals surface area (Å²) in [6.07, 6.45) is 0.538. The van der Waals surface area contributed by atoms with Crippen molar-refractivity contribution in [3.8, 4) is 5.75 Å². The lowest BCUT2D eigenvalue weighted by molar-refractivity contribution is -0.114. The lowest BCUT2D eigenvalue weighted by atomic mass is 10.1. The maximum atomic E-state index is 12.8. The molecule has 1 amide bonds. The summed E-state index contributed by atoms with van der Waals surface area (Å²) in [5, 5.41) is 3.41. The highest BCUT2D eigenvalue weighted by Crippen LogP contribution is 2.37. The molecule has 0 saturated heterocycles. The van der Waals surface area contributed by atoms with Gasteiger partial charge in [-0.25, -0.2) is 9.59 Å². The van der Waals surface area contributed by atoms with Crippen molar-refractivity contribution in [2.45, 2.75) is 20.3 Å². The molecule has 0 fully saturated rings. The molecule has 0 heterocycles. The second-order valence-electron chi connectivity index (χ2n) is 6.97. The van der Waals surface area contributed by atoms with Crippen LogP contribution in [-0.4, -0.2) is 25.0 Å². The summed E-state index contributed by atoms with van der Waals surface area (Å²) < 4.78 is 5.55. The minimum Gasteiger partial charge on any atom is -0.494 e. The van der Waals surface area contributed by atoms with Gasteiger partial charge in [-0.2, -0.15) is 0 Å². The van der Waals surface area contributed by atoms with E-state index in [1.54, 1.807) is 66.7 Å². The highest BCUT2D eigenvalue weighted by molar-refractivity contribution is 5.93. The summed E-state index contributed by atoms with van der Waals surface area (Å²) in [6, 6.07) is 19.8. The van der Waals surface area contributed by atoms with Gasteiger partial charge in [0.1, 0.15) is 0 Å². The fourth-order valence-electron chi connectivity index (χ4n) is 3.10. The van der Waals surface area contributed by atoms with Crippen LogP contribution in [0, 0.1) is 0 Å². The van der Waals surface area contributed by atoms with Gasteiger partial charge in [0, 0.05) is 12.6 Å². The lowest BCUT2D eigenvalue weighted by Gasteiger charge is -2.24. The van der Waals surface area contributed by atoms with E-state index in [1.807, 2.05) is 6.92 Å². The second kappa shape index (κ2) is 10.8. The lowest BCUT2D eigenvalue weighted by Crippen LogP contribution is -2.31. The van der Waals surface area contributed by atoms with Crippen LogP contribution in [0.1, 0.15) is 40.1 Å². The molecular formula is C25H24N2O6. The third-order valence-corrected chi connectivity index (χ3v) is 4.60. The van der Waals surface area contributed by atoms with Crippen molar-refractivity contribution in [1.29, 1.82) is 0 Å². The number of methoxy groups -OCH3 is 1. The van der Waals surface area contributed by atoms with Gasteiger partial charge in [-0.1, -0.05) is 43.3 Å². The number of nitrogens with zero attached hydrogens (tertiary/aromatic N) is 1. The predicted octanol–water partition coefficient (Wildman–Crippen LogP) is 4.57. The van der Waals surface area contributed by atoms with E-state index in [9.17, 15) is 14.4 Å². The van der Waals surface area contributed by atoms with Crippen LogP contribution in [0.15, 0.2) is 72.8 Å².